The zero-order valence-corrected chi connectivity index (χ0v) is 21.7. The van der Waals surface area contributed by atoms with Crippen molar-refractivity contribution in [2.75, 3.05) is 13.1 Å². The van der Waals surface area contributed by atoms with Gasteiger partial charge in [0, 0.05) is 13.0 Å². The highest BCUT2D eigenvalue weighted by Crippen LogP contribution is 2.15. The van der Waals surface area contributed by atoms with Gasteiger partial charge in [0.2, 0.25) is 5.91 Å². The molecule has 3 N–H and O–H groups in total. The summed E-state index contributed by atoms with van der Waals surface area (Å²) in [7, 11) is 0. The first-order valence-electron chi connectivity index (χ1n) is 12.6. The number of aliphatic hydroxyl groups excluding tert-OH is 1. The lowest BCUT2D eigenvalue weighted by molar-refractivity contribution is -0.124. The Kier molecular flexibility index (Phi) is 9.91. The van der Waals surface area contributed by atoms with Crippen LogP contribution in [0.4, 0.5) is 9.59 Å². The summed E-state index contributed by atoms with van der Waals surface area (Å²) in [5, 5.41) is 16.4. The van der Waals surface area contributed by atoms with Crippen LogP contribution in [-0.4, -0.2) is 65.0 Å². The highest BCUT2D eigenvalue weighted by Gasteiger charge is 2.32. The number of carbonyl (C=O) groups excluding carboxylic acids is 3. The molecule has 37 heavy (non-hydrogen) atoms. The standard InChI is InChI=1S/C28H37N3O6/c1-28(2,3)37-26(34)30-23(17-20-11-6-4-7-12-20)25(33)29-22-15-10-16-31(18-24(22)32)27(35)36-19-21-13-8-5-9-14-21/h4-9,11-14,22-24,32H,10,15-19H2,1-3H3,(H,29,33)(H,30,34)/t22?,23-,24?/m0/s1. The summed E-state index contributed by atoms with van der Waals surface area (Å²) < 4.78 is 10.7. The number of hydrogen-bond acceptors (Lipinski definition) is 6. The monoisotopic (exact) mass is 511 g/mol. The van der Waals surface area contributed by atoms with Gasteiger partial charge in [0.15, 0.2) is 0 Å². The van der Waals surface area contributed by atoms with E-state index in [0.717, 1.165) is 11.1 Å². The van der Waals surface area contributed by atoms with Crippen LogP contribution in [-0.2, 0) is 27.3 Å². The molecule has 3 atom stereocenters. The second-order valence-electron chi connectivity index (χ2n) is 10.2. The maximum Gasteiger partial charge on any atom is 0.410 e. The second kappa shape index (κ2) is 13.1. The lowest BCUT2D eigenvalue weighted by atomic mass is 10.0. The summed E-state index contributed by atoms with van der Waals surface area (Å²) in [5.41, 5.74) is 1.03. The van der Waals surface area contributed by atoms with Crippen LogP contribution in [0, 0.1) is 0 Å². The molecule has 9 heteroatoms. The number of benzene rings is 2. The number of rotatable bonds is 7. The fourth-order valence-corrected chi connectivity index (χ4v) is 4.08. The lowest BCUT2D eigenvalue weighted by Crippen LogP contribution is -2.54. The van der Waals surface area contributed by atoms with E-state index < -0.39 is 41.9 Å². The molecule has 2 unspecified atom stereocenters. The number of hydrogen-bond donors (Lipinski definition) is 3. The quantitative estimate of drug-likeness (QED) is 0.525. The second-order valence-corrected chi connectivity index (χ2v) is 10.2. The molecule has 2 aromatic rings. The van der Waals surface area contributed by atoms with E-state index in [9.17, 15) is 19.5 Å². The van der Waals surface area contributed by atoms with Crippen molar-refractivity contribution >= 4 is 18.1 Å². The molecule has 3 amide bonds. The van der Waals surface area contributed by atoms with Gasteiger partial charge >= 0.3 is 12.2 Å². The van der Waals surface area contributed by atoms with Crippen LogP contribution in [0.2, 0.25) is 0 Å². The molecule has 200 valence electrons. The molecule has 0 aromatic heterocycles. The zero-order valence-electron chi connectivity index (χ0n) is 21.7. The van der Waals surface area contributed by atoms with Gasteiger partial charge in [-0.05, 0) is 44.7 Å². The molecule has 0 bridgehead atoms. The topological polar surface area (TPSA) is 117 Å². The van der Waals surface area contributed by atoms with E-state index in [-0.39, 0.29) is 19.6 Å². The van der Waals surface area contributed by atoms with Crippen LogP contribution in [0.1, 0.15) is 44.7 Å². The molecule has 3 rings (SSSR count). The molecule has 0 spiro atoms. The number of alkyl carbamates (subject to hydrolysis) is 1. The molecular formula is C28H37N3O6. The number of nitrogens with zero attached hydrogens (tertiary/aromatic N) is 1. The maximum absolute atomic E-state index is 13.3. The number of ether oxygens (including phenoxy) is 2. The molecule has 0 saturated carbocycles. The molecule has 2 aromatic carbocycles. The summed E-state index contributed by atoms with van der Waals surface area (Å²) in [6.07, 6.45) is -0.895. The summed E-state index contributed by atoms with van der Waals surface area (Å²) in [5.74, 6) is -0.432. The molecule has 0 radical (unpaired) electrons. The van der Waals surface area contributed by atoms with Gasteiger partial charge in [0.05, 0.1) is 18.7 Å². The van der Waals surface area contributed by atoms with Gasteiger partial charge < -0.3 is 30.1 Å². The van der Waals surface area contributed by atoms with E-state index in [1.54, 1.807) is 20.8 Å². The minimum absolute atomic E-state index is 0.0292. The van der Waals surface area contributed by atoms with Crippen molar-refractivity contribution in [2.24, 2.45) is 0 Å². The highest BCUT2D eigenvalue weighted by atomic mass is 16.6. The molecule has 1 aliphatic rings. The van der Waals surface area contributed by atoms with E-state index in [2.05, 4.69) is 10.6 Å². The molecule has 0 aliphatic carbocycles. The zero-order chi connectivity index (χ0) is 26.8. The predicted octanol–water partition coefficient (Wildman–Crippen LogP) is 3.40. The number of nitrogens with one attached hydrogen (secondary N) is 2. The van der Waals surface area contributed by atoms with Crippen LogP contribution < -0.4 is 10.6 Å². The molecule has 1 heterocycles. The normalized spacial score (nSPS) is 18.8. The van der Waals surface area contributed by atoms with Crippen molar-refractivity contribution in [3.63, 3.8) is 0 Å². The van der Waals surface area contributed by atoms with Crippen LogP contribution >= 0.6 is 0 Å². The predicted molar refractivity (Wildman–Crippen MR) is 139 cm³/mol. The van der Waals surface area contributed by atoms with Crippen molar-refractivity contribution < 1.29 is 29.0 Å². The van der Waals surface area contributed by atoms with Crippen LogP contribution in [0.5, 0.6) is 0 Å². The summed E-state index contributed by atoms with van der Waals surface area (Å²) in [6.45, 7) is 5.82. The molecule has 1 aliphatic heterocycles. The van der Waals surface area contributed by atoms with Crippen molar-refractivity contribution in [3.05, 3.63) is 71.8 Å². The average Bonchev–Trinajstić information content (AvgIpc) is 3.03. The van der Waals surface area contributed by atoms with Crippen molar-refractivity contribution in [1.82, 2.24) is 15.5 Å². The highest BCUT2D eigenvalue weighted by molar-refractivity contribution is 5.86. The van der Waals surface area contributed by atoms with Gasteiger partial charge in [0.1, 0.15) is 18.2 Å². The number of β-amino-alcohol motifs (C(OH)–C–C–N with tert-alkyl or cyclic N) is 1. The molecule has 9 nitrogen and oxygen atoms in total. The lowest BCUT2D eigenvalue weighted by Gasteiger charge is -2.27. The number of aliphatic hydroxyl groups is 1. The van der Waals surface area contributed by atoms with Gasteiger partial charge in [-0.1, -0.05) is 60.7 Å². The van der Waals surface area contributed by atoms with Gasteiger partial charge in [-0.15, -0.1) is 0 Å². The Balaban J connectivity index is 1.60. The van der Waals surface area contributed by atoms with Crippen LogP contribution in [0.25, 0.3) is 0 Å². The van der Waals surface area contributed by atoms with Crippen LogP contribution in [0.15, 0.2) is 60.7 Å². The first kappa shape index (κ1) is 28.0. The van der Waals surface area contributed by atoms with E-state index in [1.165, 1.54) is 4.90 Å². The Hall–Kier alpha value is -3.59. The number of carbonyl (C=O) groups is 3. The third kappa shape index (κ3) is 9.42. The fourth-order valence-electron chi connectivity index (χ4n) is 4.08. The minimum Gasteiger partial charge on any atom is -0.445 e. The first-order valence-corrected chi connectivity index (χ1v) is 12.6. The van der Waals surface area contributed by atoms with Crippen molar-refractivity contribution in [1.29, 1.82) is 0 Å². The molecule has 1 fully saturated rings. The van der Waals surface area contributed by atoms with Gasteiger partial charge in [0.25, 0.3) is 0 Å². The van der Waals surface area contributed by atoms with Crippen LogP contribution in [0.3, 0.4) is 0 Å². The Morgan fingerprint density at radius 2 is 1.65 bits per heavy atom. The average molecular weight is 512 g/mol. The first-order chi connectivity index (χ1) is 17.6. The van der Waals surface area contributed by atoms with E-state index in [1.807, 2.05) is 60.7 Å². The Bertz CT molecular complexity index is 1030. The molecule has 1 saturated heterocycles. The fraction of sp³-hybridized carbons (Fsp3) is 0.464. The smallest absolute Gasteiger partial charge is 0.410 e. The Labute approximate surface area is 218 Å². The third-order valence-electron chi connectivity index (χ3n) is 5.90. The number of likely N-dealkylation sites (tertiary alicyclic amines) is 1. The Morgan fingerprint density at radius 1 is 1.03 bits per heavy atom. The number of amides is 3. The maximum atomic E-state index is 13.3. The summed E-state index contributed by atoms with van der Waals surface area (Å²) in [4.78, 5) is 39.7. The van der Waals surface area contributed by atoms with Crippen molar-refractivity contribution in [3.8, 4) is 0 Å². The van der Waals surface area contributed by atoms with Gasteiger partial charge in [-0.25, -0.2) is 9.59 Å². The largest absolute Gasteiger partial charge is 0.445 e. The SMILES string of the molecule is CC(C)(C)OC(=O)N[C@@H](Cc1ccccc1)C(=O)NC1CCCN(C(=O)OCc2ccccc2)CC1O. The third-order valence-corrected chi connectivity index (χ3v) is 5.90. The van der Waals surface area contributed by atoms with E-state index in [0.29, 0.717) is 19.4 Å². The molecular weight excluding hydrogens is 474 g/mol. The van der Waals surface area contributed by atoms with Crippen molar-refractivity contribution in [2.45, 2.75) is 70.4 Å². The van der Waals surface area contributed by atoms with Gasteiger partial charge in [-0.2, -0.15) is 0 Å². The summed E-state index contributed by atoms with van der Waals surface area (Å²) >= 11 is 0. The summed E-state index contributed by atoms with van der Waals surface area (Å²) in [6, 6.07) is 17.2. The Morgan fingerprint density at radius 3 is 2.27 bits per heavy atom. The van der Waals surface area contributed by atoms with E-state index in [4.69, 9.17) is 9.47 Å². The van der Waals surface area contributed by atoms with Gasteiger partial charge in [-0.3, -0.25) is 4.79 Å². The minimum atomic E-state index is -0.991. The van der Waals surface area contributed by atoms with E-state index >= 15 is 0 Å².